The van der Waals surface area contributed by atoms with E-state index in [0.717, 1.165) is 11.3 Å². The van der Waals surface area contributed by atoms with Gasteiger partial charge in [-0.25, -0.2) is 0 Å². The Labute approximate surface area is 146 Å². The predicted molar refractivity (Wildman–Crippen MR) is 94.4 cm³/mol. The molecule has 0 spiro atoms. The maximum atomic E-state index is 12.4. The Hall–Kier alpha value is -3.02. The van der Waals surface area contributed by atoms with Gasteiger partial charge in [-0.05, 0) is 42.3 Å². The van der Waals surface area contributed by atoms with Crippen molar-refractivity contribution in [1.29, 1.82) is 0 Å². The molecule has 0 aliphatic carbocycles. The third-order valence-corrected chi connectivity index (χ3v) is 4.14. The summed E-state index contributed by atoms with van der Waals surface area (Å²) in [5.74, 6) is 1.08. The van der Waals surface area contributed by atoms with E-state index in [4.69, 9.17) is 9.47 Å². The normalized spacial score (nSPS) is 13.0. The number of nitrogens with one attached hydrogen (secondary N) is 1. The van der Waals surface area contributed by atoms with Crippen molar-refractivity contribution in [3.05, 3.63) is 53.6 Å². The van der Waals surface area contributed by atoms with Gasteiger partial charge in [-0.15, -0.1) is 0 Å². The number of carbonyl (C=O) groups excluding carboxylic acids is 2. The Balaban J connectivity index is 1.63. The Bertz CT molecular complexity index is 804. The van der Waals surface area contributed by atoms with Crippen LogP contribution in [0, 0.1) is 0 Å². The van der Waals surface area contributed by atoms with Gasteiger partial charge in [0.05, 0.1) is 12.8 Å². The van der Waals surface area contributed by atoms with Gasteiger partial charge in [0.2, 0.25) is 0 Å². The fourth-order valence-corrected chi connectivity index (χ4v) is 2.66. The highest BCUT2D eigenvalue weighted by Gasteiger charge is 2.23. The van der Waals surface area contributed by atoms with Crippen LogP contribution in [0.1, 0.15) is 15.9 Å². The highest BCUT2D eigenvalue weighted by Crippen LogP contribution is 2.31. The van der Waals surface area contributed by atoms with E-state index < -0.39 is 0 Å². The van der Waals surface area contributed by atoms with E-state index in [1.54, 1.807) is 32.4 Å². The van der Waals surface area contributed by atoms with Crippen LogP contribution in [-0.2, 0) is 11.2 Å². The maximum absolute atomic E-state index is 12.4. The van der Waals surface area contributed by atoms with Crippen LogP contribution < -0.4 is 19.7 Å². The van der Waals surface area contributed by atoms with Crippen molar-refractivity contribution in [2.45, 2.75) is 6.42 Å². The van der Waals surface area contributed by atoms with Gasteiger partial charge in [-0.2, -0.15) is 0 Å². The van der Waals surface area contributed by atoms with E-state index in [1.807, 2.05) is 24.3 Å². The molecule has 0 aromatic heterocycles. The van der Waals surface area contributed by atoms with Crippen molar-refractivity contribution in [2.24, 2.45) is 0 Å². The van der Waals surface area contributed by atoms with Gasteiger partial charge in [-0.1, -0.05) is 12.1 Å². The summed E-state index contributed by atoms with van der Waals surface area (Å²) in [5, 5.41) is 2.89. The van der Waals surface area contributed by atoms with Gasteiger partial charge in [0.1, 0.15) is 11.5 Å². The van der Waals surface area contributed by atoms with E-state index in [0.29, 0.717) is 30.0 Å². The molecule has 6 heteroatoms. The predicted octanol–water partition coefficient (Wildman–Crippen LogP) is 2.02. The molecule has 3 rings (SSSR count). The number of fused-ring (bicyclic) bond motifs is 1. The number of rotatable bonds is 5. The highest BCUT2D eigenvalue weighted by molar-refractivity contribution is 6.00. The van der Waals surface area contributed by atoms with Crippen molar-refractivity contribution in [1.82, 2.24) is 5.32 Å². The van der Waals surface area contributed by atoms with Crippen LogP contribution in [0.5, 0.6) is 11.5 Å². The molecule has 0 atom stereocenters. The number of carbonyl (C=O) groups is 2. The first-order valence-corrected chi connectivity index (χ1v) is 8.03. The monoisotopic (exact) mass is 340 g/mol. The quantitative estimate of drug-likeness (QED) is 0.904. The summed E-state index contributed by atoms with van der Waals surface area (Å²) in [5.41, 5.74) is 2.19. The molecule has 1 aliphatic heterocycles. The van der Waals surface area contributed by atoms with Crippen molar-refractivity contribution in [3.63, 3.8) is 0 Å². The summed E-state index contributed by atoms with van der Waals surface area (Å²) in [7, 11) is 3.30. The smallest absolute Gasteiger partial charge is 0.264 e. The lowest BCUT2D eigenvalue weighted by molar-refractivity contribution is -0.120. The van der Waals surface area contributed by atoms with Gasteiger partial charge >= 0.3 is 0 Å². The number of nitrogens with zero attached hydrogens (tertiary/aromatic N) is 1. The zero-order valence-corrected chi connectivity index (χ0v) is 14.2. The summed E-state index contributed by atoms with van der Waals surface area (Å²) >= 11 is 0. The molecule has 6 nitrogen and oxygen atoms in total. The largest absolute Gasteiger partial charge is 0.497 e. The Kier molecular flexibility index (Phi) is 4.88. The average Bonchev–Trinajstić information content (AvgIpc) is 2.64. The molecule has 130 valence electrons. The van der Waals surface area contributed by atoms with Crippen LogP contribution >= 0.6 is 0 Å². The number of hydrogen-bond donors (Lipinski definition) is 1. The van der Waals surface area contributed by atoms with E-state index in [1.165, 1.54) is 4.90 Å². The van der Waals surface area contributed by atoms with Gasteiger partial charge < -0.3 is 19.7 Å². The molecule has 0 fully saturated rings. The topological polar surface area (TPSA) is 67.9 Å². The SMILES string of the molecule is COc1cccc(CCNC(=O)c2ccc3c(c2)N(C)C(=O)CO3)c1. The summed E-state index contributed by atoms with van der Waals surface area (Å²) in [4.78, 5) is 25.6. The first-order valence-electron chi connectivity index (χ1n) is 8.03. The summed E-state index contributed by atoms with van der Waals surface area (Å²) < 4.78 is 10.6. The average molecular weight is 340 g/mol. The minimum Gasteiger partial charge on any atom is -0.497 e. The molecular weight excluding hydrogens is 320 g/mol. The molecule has 0 saturated heterocycles. The number of methoxy groups -OCH3 is 1. The Morgan fingerprint density at radius 2 is 2.12 bits per heavy atom. The van der Waals surface area contributed by atoms with Gasteiger partial charge in [0.25, 0.3) is 11.8 Å². The minimum absolute atomic E-state index is 0.0234. The molecule has 2 amide bonds. The van der Waals surface area contributed by atoms with Crippen molar-refractivity contribution in [2.75, 3.05) is 32.2 Å². The fraction of sp³-hybridized carbons (Fsp3) is 0.263. The second-order valence-electron chi connectivity index (χ2n) is 5.78. The zero-order chi connectivity index (χ0) is 17.8. The summed E-state index contributed by atoms with van der Waals surface area (Å²) in [6.07, 6.45) is 0.704. The van der Waals surface area contributed by atoms with Crippen LogP contribution in [0.25, 0.3) is 0 Å². The van der Waals surface area contributed by atoms with Gasteiger partial charge in [0, 0.05) is 19.2 Å². The van der Waals surface area contributed by atoms with Crippen molar-refractivity contribution >= 4 is 17.5 Å². The van der Waals surface area contributed by atoms with Crippen LogP contribution in [0.4, 0.5) is 5.69 Å². The maximum Gasteiger partial charge on any atom is 0.264 e. The summed E-state index contributed by atoms with van der Waals surface area (Å²) in [6.45, 7) is 0.532. The van der Waals surface area contributed by atoms with Crippen molar-refractivity contribution in [3.8, 4) is 11.5 Å². The molecule has 25 heavy (non-hydrogen) atoms. The molecule has 2 aromatic carbocycles. The highest BCUT2D eigenvalue weighted by atomic mass is 16.5. The fourth-order valence-electron chi connectivity index (χ4n) is 2.66. The molecular formula is C19H20N2O4. The number of likely N-dealkylation sites (N-methyl/N-ethyl adjacent to an activating group) is 1. The number of anilines is 1. The van der Waals surface area contributed by atoms with E-state index in [-0.39, 0.29) is 18.4 Å². The van der Waals surface area contributed by atoms with Crippen LogP contribution in [0.2, 0.25) is 0 Å². The third-order valence-electron chi connectivity index (χ3n) is 4.14. The summed E-state index contributed by atoms with van der Waals surface area (Å²) in [6, 6.07) is 12.8. The lowest BCUT2D eigenvalue weighted by atomic mass is 10.1. The van der Waals surface area contributed by atoms with Gasteiger partial charge in [0.15, 0.2) is 6.61 Å². The Morgan fingerprint density at radius 1 is 1.28 bits per heavy atom. The van der Waals surface area contributed by atoms with Crippen molar-refractivity contribution < 1.29 is 19.1 Å². The van der Waals surface area contributed by atoms with Crippen LogP contribution in [0.15, 0.2) is 42.5 Å². The number of benzene rings is 2. The second-order valence-corrected chi connectivity index (χ2v) is 5.78. The number of ether oxygens (including phenoxy) is 2. The van der Waals surface area contributed by atoms with Crippen LogP contribution in [-0.4, -0.2) is 39.1 Å². The molecule has 0 saturated carbocycles. The first-order chi connectivity index (χ1) is 12.1. The van der Waals surface area contributed by atoms with E-state index >= 15 is 0 Å². The molecule has 0 radical (unpaired) electrons. The zero-order valence-electron chi connectivity index (χ0n) is 14.2. The number of hydrogen-bond acceptors (Lipinski definition) is 4. The lowest BCUT2D eigenvalue weighted by Crippen LogP contribution is -2.35. The Morgan fingerprint density at radius 3 is 2.92 bits per heavy atom. The first kappa shape index (κ1) is 16.8. The van der Waals surface area contributed by atoms with E-state index in [2.05, 4.69) is 5.32 Å². The molecule has 1 aliphatic rings. The minimum atomic E-state index is -0.183. The second kappa shape index (κ2) is 7.25. The van der Waals surface area contributed by atoms with E-state index in [9.17, 15) is 9.59 Å². The lowest BCUT2D eigenvalue weighted by Gasteiger charge is -2.26. The third kappa shape index (κ3) is 3.74. The van der Waals surface area contributed by atoms with Crippen LogP contribution in [0.3, 0.4) is 0 Å². The molecule has 1 N–H and O–H groups in total. The molecule has 0 unspecified atom stereocenters. The number of amides is 2. The standard InChI is InChI=1S/C19H20N2O4/c1-21-16-11-14(6-7-17(16)25-12-18(21)22)19(23)20-9-8-13-4-3-5-15(10-13)24-2/h3-7,10-11H,8-9,12H2,1-2H3,(H,20,23). The van der Waals surface area contributed by atoms with Gasteiger partial charge in [-0.3, -0.25) is 9.59 Å². The molecule has 0 bridgehead atoms. The molecule has 1 heterocycles. The molecule has 2 aromatic rings.